The van der Waals surface area contributed by atoms with Gasteiger partial charge in [-0.15, -0.1) is 0 Å². The molecule has 1 nitrogen and oxygen atoms in total. The molecule has 0 spiro atoms. The lowest BCUT2D eigenvalue weighted by Gasteiger charge is -2.20. The first-order chi connectivity index (χ1) is 4.18. The van der Waals surface area contributed by atoms with E-state index in [1.54, 1.807) is 0 Å². The SMILES string of the molecule is CC1=C[C@H](O)C[C@H](C)C1. The Morgan fingerprint density at radius 2 is 2.33 bits per heavy atom. The van der Waals surface area contributed by atoms with Crippen molar-refractivity contribution in [2.45, 2.75) is 32.8 Å². The van der Waals surface area contributed by atoms with Gasteiger partial charge in [-0.05, 0) is 25.7 Å². The molecule has 0 aromatic rings. The highest BCUT2D eigenvalue weighted by molar-refractivity contribution is 5.06. The molecule has 52 valence electrons. The maximum absolute atomic E-state index is 9.17. The molecule has 0 aromatic heterocycles. The summed E-state index contributed by atoms with van der Waals surface area (Å²) in [5.74, 6) is 0.671. The highest BCUT2D eigenvalue weighted by Crippen LogP contribution is 2.22. The standard InChI is InChI=1S/C8H14O/c1-6-3-7(2)5-8(9)4-6/h4,7-9H,3,5H2,1-2H3/t7-,8+/m1/s1. The molecule has 1 aliphatic carbocycles. The zero-order valence-corrected chi connectivity index (χ0v) is 6.09. The number of aliphatic hydroxyl groups is 1. The van der Waals surface area contributed by atoms with Crippen LogP contribution < -0.4 is 0 Å². The van der Waals surface area contributed by atoms with Gasteiger partial charge in [0.05, 0.1) is 6.10 Å². The van der Waals surface area contributed by atoms with Gasteiger partial charge < -0.3 is 5.11 Å². The molecule has 0 aliphatic heterocycles. The lowest BCUT2D eigenvalue weighted by atomic mass is 9.90. The predicted octanol–water partition coefficient (Wildman–Crippen LogP) is 1.72. The van der Waals surface area contributed by atoms with Crippen LogP contribution in [0.3, 0.4) is 0 Å². The molecule has 1 N–H and O–H groups in total. The van der Waals surface area contributed by atoms with Crippen molar-refractivity contribution in [1.82, 2.24) is 0 Å². The van der Waals surface area contributed by atoms with Crippen molar-refractivity contribution in [3.8, 4) is 0 Å². The van der Waals surface area contributed by atoms with Gasteiger partial charge in [-0.2, -0.15) is 0 Å². The third kappa shape index (κ3) is 1.83. The molecule has 0 saturated carbocycles. The summed E-state index contributed by atoms with van der Waals surface area (Å²) in [5, 5.41) is 9.17. The Morgan fingerprint density at radius 3 is 2.78 bits per heavy atom. The summed E-state index contributed by atoms with van der Waals surface area (Å²) < 4.78 is 0. The van der Waals surface area contributed by atoms with Crippen molar-refractivity contribution in [3.63, 3.8) is 0 Å². The minimum absolute atomic E-state index is 0.172. The predicted molar refractivity (Wildman–Crippen MR) is 38.2 cm³/mol. The molecule has 1 aliphatic rings. The highest BCUT2D eigenvalue weighted by atomic mass is 16.3. The van der Waals surface area contributed by atoms with E-state index in [0.29, 0.717) is 5.92 Å². The van der Waals surface area contributed by atoms with Gasteiger partial charge in [-0.25, -0.2) is 0 Å². The second-order valence-electron chi connectivity index (χ2n) is 3.13. The molecule has 2 atom stereocenters. The van der Waals surface area contributed by atoms with Crippen molar-refractivity contribution >= 4 is 0 Å². The fourth-order valence-electron chi connectivity index (χ4n) is 1.51. The molecule has 0 bridgehead atoms. The molecule has 9 heavy (non-hydrogen) atoms. The molecule has 0 radical (unpaired) electrons. The minimum atomic E-state index is -0.172. The van der Waals surface area contributed by atoms with Gasteiger partial charge in [0, 0.05) is 0 Å². The van der Waals surface area contributed by atoms with E-state index in [-0.39, 0.29) is 6.10 Å². The lowest BCUT2D eigenvalue weighted by Crippen LogP contribution is -2.14. The Bertz CT molecular complexity index is 127. The summed E-state index contributed by atoms with van der Waals surface area (Å²) >= 11 is 0. The molecule has 0 fully saturated rings. The topological polar surface area (TPSA) is 20.2 Å². The van der Waals surface area contributed by atoms with Crippen LogP contribution >= 0.6 is 0 Å². The van der Waals surface area contributed by atoms with Crippen molar-refractivity contribution < 1.29 is 5.11 Å². The Labute approximate surface area is 56.4 Å². The molecule has 0 amide bonds. The van der Waals surface area contributed by atoms with Crippen molar-refractivity contribution in [2.24, 2.45) is 5.92 Å². The van der Waals surface area contributed by atoms with Crippen LogP contribution in [0.25, 0.3) is 0 Å². The molecule has 1 rings (SSSR count). The smallest absolute Gasteiger partial charge is 0.0726 e. The van der Waals surface area contributed by atoms with E-state index in [4.69, 9.17) is 0 Å². The van der Waals surface area contributed by atoms with Crippen molar-refractivity contribution in [3.05, 3.63) is 11.6 Å². The van der Waals surface area contributed by atoms with E-state index in [9.17, 15) is 5.11 Å². The summed E-state index contributed by atoms with van der Waals surface area (Å²) in [6.07, 6.45) is 3.89. The maximum atomic E-state index is 9.17. The minimum Gasteiger partial charge on any atom is -0.389 e. The van der Waals surface area contributed by atoms with Gasteiger partial charge in [-0.3, -0.25) is 0 Å². The van der Waals surface area contributed by atoms with Crippen LogP contribution in [-0.4, -0.2) is 11.2 Å². The fourth-order valence-corrected chi connectivity index (χ4v) is 1.51. The Hall–Kier alpha value is -0.300. The van der Waals surface area contributed by atoms with Crippen molar-refractivity contribution in [2.75, 3.05) is 0 Å². The maximum Gasteiger partial charge on any atom is 0.0726 e. The van der Waals surface area contributed by atoms with E-state index in [1.807, 2.05) is 6.08 Å². The fraction of sp³-hybridized carbons (Fsp3) is 0.750. The molecule has 0 aromatic carbocycles. The summed E-state index contributed by atoms with van der Waals surface area (Å²) in [4.78, 5) is 0. The number of rotatable bonds is 0. The van der Waals surface area contributed by atoms with Crippen LogP contribution in [0.4, 0.5) is 0 Å². The van der Waals surface area contributed by atoms with E-state index < -0.39 is 0 Å². The first-order valence-electron chi connectivity index (χ1n) is 3.54. The number of aliphatic hydroxyl groups excluding tert-OH is 1. The second kappa shape index (κ2) is 2.53. The van der Waals surface area contributed by atoms with Crippen LogP contribution in [0.1, 0.15) is 26.7 Å². The van der Waals surface area contributed by atoms with Crippen LogP contribution in [-0.2, 0) is 0 Å². The third-order valence-electron chi connectivity index (χ3n) is 1.79. The van der Waals surface area contributed by atoms with Gasteiger partial charge in [0.15, 0.2) is 0 Å². The van der Waals surface area contributed by atoms with Crippen LogP contribution in [0.2, 0.25) is 0 Å². The molecule has 1 heteroatoms. The summed E-state index contributed by atoms with van der Waals surface area (Å²) in [6, 6.07) is 0. The Kier molecular flexibility index (Phi) is 1.91. The van der Waals surface area contributed by atoms with E-state index in [2.05, 4.69) is 13.8 Å². The highest BCUT2D eigenvalue weighted by Gasteiger charge is 2.13. The number of hydrogen-bond donors (Lipinski definition) is 1. The summed E-state index contributed by atoms with van der Waals surface area (Å²) in [5.41, 5.74) is 1.33. The normalized spacial score (nSPS) is 36.1. The number of hydrogen-bond acceptors (Lipinski definition) is 1. The summed E-state index contributed by atoms with van der Waals surface area (Å²) in [6.45, 7) is 4.26. The van der Waals surface area contributed by atoms with Gasteiger partial charge in [0.1, 0.15) is 0 Å². The van der Waals surface area contributed by atoms with E-state index >= 15 is 0 Å². The largest absolute Gasteiger partial charge is 0.389 e. The zero-order valence-electron chi connectivity index (χ0n) is 6.09. The second-order valence-corrected chi connectivity index (χ2v) is 3.13. The molecular formula is C8H14O. The molecular weight excluding hydrogens is 112 g/mol. The van der Waals surface area contributed by atoms with Gasteiger partial charge in [0.2, 0.25) is 0 Å². The van der Waals surface area contributed by atoms with Gasteiger partial charge in [-0.1, -0.05) is 18.6 Å². The van der Waals surface area contributed by atoms with Crippen LogP contribution in [0.15, 0.2) is 11.6 Å². The average Bonchev–Trinajstić information content (AvgIpc) is 1.59. The lowest BCUT2D eigenvalue weighted by molar-refractivity contribution is 0.180. The van der Waals surface area contributed by atoms with E-state index in [1.165, 1.54) is 5.57 Å². The Morgan fingerprint density at radius 1 is 1.67 bits per heavy atom. The van der Waals surface area contributed by atoms with Gasteiger partial charge >= 0.3 is 0 Å². The van der Waals surface area contributed by atoms with Crippen LogP contribution in [0, 0.1) is 5.92 Å². The first-order valence-corrected chi connectivity index (χ1v) is 3.54. The van der Waals surface area contributed by atoms with Gasteiger partial charge in [0.25, 0.3) is 0 Å². The summed E-state index contributed by atoms with van der Waals surface area (Å²) in [7, 11) is 0. The first kappa shape index (κ1) is 6.81. The van der Waals surface area contributed by atoms with E-state index in [0.717, 1.165) is 12.8 Å². The molecule has 0 heterocycles. The molecule has 0 unspecified atom stereocenters. The Balaban J connectivity index is 2.56. The third-order valence-corrected chi connectivity index (χ3v) is 1.79. The van der Waals surface area contributed by atoms with Crippen molar-refractivity contribution in [1.29, 1.82) is 0 Å². The average molecular weight is 126 g/mol. The van der Waals surface area contributed by atoms with Crippen LogP contribution in [0.5, 0.6) is 0 Å². The quantitative estimate of drug-likeness (QED) is 0.490. The monoisotopic (exact) mass is 126 g/mol. The zero-order chi connectivity index (χ0) is 6.85. The molecule has 0 saturated heterocycles. The number of allylic oxidation sites excluding steroid dienone is 1.